The van der Waals surface area contributed by atoms with E-state index >= 15 is 0 Å². The highest BCUT2D eigenvalue weighted by molar-refractivity contribution is 6.04. The van der Waals surface area contributed by atoms with Crippen LogP contribution >= 0.6 is 0 Å². The van der Waals surface area contributed by atoms with Crippen LogP contribution in [0.4, 0.5) is 11.4 Å². The summed E-state index contributed by atoms with van der Waals surface area (Å²) in [4.78, 5) is 68.5. The van der Waals surface area contributed by atoms with Crippen molar-refractivity contribution in [3.63, 3.8) is 0 Å². The Hall–Kier alpha value is -5.96. The molecular weight excluding hydrogens is 702 g/mol. The Morgan fingerprint density at radius 3 is 2.15 bits per heavy atom. The normalized spacial score (nSPS) is 13.7. The number of nitrogens with two attached hydrogens (primary N) is 3. The van der Waals surface area contributed by atoms with Gasteiger partial charge in [-0.3, -0.25) is 29.0 Å². The van der Waals surface area contributed by atoms with Gasteiger partial charge in [0.15, 0.2) is 12.6 Å². The number of anilines is 2. The highest BCUT2D eigenvalue weighted by Crippen LogP contribution is 2.33. The van der Waals surface area contributed by atoms with E-state index in [0.29, 0.717) is 72.8 Å². The van der Waals surface area contributed by atoms with Crippen LogP contribution < -0.4 is 43.2 Å². The number of nitrogens with zero attached hydrogens (tertiary/aromatic N) is 2. The number of hydrogen-bond donors (Lipinski definition) is 7. The molecule has 0 aromatic heterocycles. The largest absolute Gasteiger partial charge is 0.482 e. The zero-order chi connectivity index (χ0) is 39.2. The number of unbranched alkanes of at least 4 members (excludes halogenated alkanes) is 4. The van der Waals surface area contributed by atoms with E-state index in [0.717, 1.165) is 50.5 Å². The number of benzene rings is 3. The van der Waals surface area contributed by atoms with Gasteiger partial charge in [-0.15, -0.1) is 0 Å². The van der Waals surface area contributed by atoms with Gasteiger partial charge in [-0.2, -0.15) is 0 Å². The average molecular weight is 754 g/mol. The van der Waals surface area contributed by atoms with E-state index in [2.05, 4.69) is 26.3 Å². The summed E-state index contributed by atoms with van der Waals surface area (Å²) in [6.45, 7) is 1.88. The lowest BCUT2D eigenvalue weighted by Crippen LogP contribution is -2.41. The number of hydrogen-bond acceptors (Lipinski definition) is 8. The molecule has 15 nitrogen and oxygen atoms in total. The smallest absolute Gasteiger partial charge is 0.262 e. The van der Waals surface area contributed by atoms with Gasteiger partial charge in [-0.1, -0.05) is 31.4 Å². The van der Waals surface area contributed by atoms with Crippen LogP contribution in [0.2, 0.25) is 0 Å². The number of amides is 5. The van der Waals surface area contributed by atoms with Crippen molar-refractivity contribution in [3.8, 4) is 5.75 Å². The molecule has 1 saturated carbocycles. The van der Waals surface area contributed by atoms with E-state index in [1.54, 1.807) is 54.6 Å². The molecule has 0 saturated heterocycles. The van der Waals surface area contributed by atoms with Crippen LogP contribution in [0, 0.1) is 0 Å². The van der Waals surface area contributed by atoms with E-state index in [9.17, 15) is 24.0 Å². The molecule has 15 heteroatoms. The van der Waals surface area contributed by atoms with Gasteiger partial charge in [0.25, 0.3) is 23.6 Å². The molecule has 0 bridgehead atoms. The maximum Gasteiger partial charge on any atom is 0.262 e. The molecule has 3 aromatic carbocycles. The molecule has 3 aromatic rings. The number of fused-ring (bicyclic) bond motifs is 1. The van der Waals surface area contributed by atoms with E-state index in [1.807, 2.05) is 17.0 Å². The van der Waals surface area contributed by atoms with Crippen LogP contribution in [0.5, 0.6) is 5.75 Å². The first kappa shape index (κ1) is 40.2. The number of nitrogens with one attached hydrogen (secondary N) is 4. The van der Waals surface area contributed by atoms with E-state index < -0.39 is 6.04 Å². The Balaban J connectivity index is 0.970. The monoisotopic (exact) mass is 753 g/mol. The Bertz CT molecular complexity index is 1840. The van der Waals surface area contributed by atoms with Gasteiger partial charge in [0, 0.05) is 54.6 Å². The van der Waals surface area contributed by atoms with E-state index in [4.69, 9.17) is 21.9 Å². The van der Waals surface area contributed by atoms with Gasteiger partial charge in [-0.05, 0) is 98.7 Å². The second-order valence-electron chi connectivity index (χ2n) is 13.8. The van der Waals surface area contributed by atoms with Crippen molar-refractivity contribution in [1.82, 2.24) is 15.5 Å². The average Bonchev–Trinajstić information content (AvgIpc) is 4.03. The minimum atomic E-state index is -0.578. The fraction of sp³-hybridized carbons (Fsp3) is 0.400. The third-order valence-electron chi connectivity index (χ3n) is 9.33. The van der Waals surface area contributed by atoms with Crippen LogP contribution in [0.1, 0.15) is 94.4 Å². The third-order valence-corrected chi connectivity index (χ3v) is 9.33. The zero-order valence-corrected chi connectivity index (χ0v) is 31.0. The summed E-state index contributed by atoms with van der Waals surface area (Å²) < 4.78 is 5.49. The molecular formula is C40H51N9O6. The number of carbonyl (C=O) groups is 5. The Morgan fingerprint density at radius 2 is 1.45 bits per heavy atom. The maximum atomic E-state index is 13.5. The molecule has 55 heavy (non-hydrogen) atoms. The molecule has 1 fully saturated rings. The van der Waals surface area contributed by atoms with Crippen LogP contribution in [0.3, 0.4) is 0 Å². The molecule has 5 rings (SSSR count). The molecule has 0 radical (unpaired) electrons. The SMILES string of the molecule is NC(N)=NCCC[C@H](N)C(=O)NCCCCCCCNC(=O)c1ccc(NC(=O)c2ccc(CN(C(=O)c3ccc4c(c3)OCC(=O)N4)C3CC3)cc2)cc1. The number of rotatable bonds is 20. The minimum Gasteiger partial charge on any atom is -0.482 e. The Morgan fingerprint density at radius 1 is 0.818 bits per heavy atom. The van der Waals surface area contributed by atoms with E-state index in [-0.39, 0.29) is 48.1 Å². The summed E-state index contributed by atoms with van der Waals surface area (Å²) in [6, 6.07) is 18.5. The number of carbonyl (C=O) groups excluding carboxylic acids is 5. The van der Waals surface area contributed by atoms with Crippen LogP contribution in [-0.4, -0.2) is 78.7 Å². The molecule has 1 aliphatic carbocycles. The number of ether oxygens (including phenoxy) is 1. The van der Waals surface area contributed by atoms with Crippen LogP contribution in [-0.2, 0) is 16.1 Å². The summed E-state index contributed by atoms with van der Waals surface area (Å²) in [7, 11) is 0. The summed E-state index contributed by atoms with van der Waals surface area (Å²) in [5.41, 5.74) is 19.9. The fourth-order valence-electron chi connectivity index (χ4n) is 6.07. The van der Waals surface area contributed by atoms with Crippen LogP contribution in [0.25, 0.3) is 0 Å². The highest BCUT2D eigenvalue weighted by atomic mass is 16.5. The molecule has 1 heterocycles. The summed E-state index contributed by atoms with van der Waals surface area (Å²) >= 11 is 0. The lowest BCUT2D eigenvalue weighted by atomic mass is 10.1. The minimum absolute atomic E-state index is 0.0281. The molecule has 0 unspecified atom stereocenters. The van der Waals surface area contributed by atoms with Gasteiger partial charge >= 0.3 is 0 Å². The van der Waals surface area contributed by atoms with Crippen LogP contribution in [0.15, 0.2) is 71.7 Å². The van der Waals surface area contributed by atoms with Crippen molar-refractivity contribution in [2.24, 2.45) is 22.2 Å². The lowest BCUT2D eigenvalue weighted by Gasteiger charge is -2.24. The van der Waals surface area contributed by atoms with Crippen molar-refractivity contribution in [3.05, 3.63) is 89.0 Å². The topological polar surface area (TPSA) is 236 Å². The zero-order valence-electron chi connectivity index (χ0n) is 31.0. The summed E-state index contributed by atoms with van der Waals surface area (Å²) in [5.74, 6) is -0.489. The summed E-state index contributed by atoms with van der Waals surface area (Å²) in [5, 5.41) is 11.4. The number of guanidine groups is 1. The van der Waals surface area contributed by atoms with Gasteiger partial charge < -0.3 is 48.1 Å². The van der Waals surface area contributed by atoms with Crippen molar-refractivity contribution in [2.45, 2.75) is 76.4 Å². The first-order chi connectivity index (χ1) is 26.6. The van der Waals surface area contributed by atoms with E-state index in [1.165, 1.54) is 0 Å². The van der Waals surface area contributed by atoms with Crippen molar-refractivity contribution < 1.29 is 28.7 Å². The predicted octanol–water partition coefficient (Wildman–Crippen LogP) is 3.25. The second-order valence-corrected chi connectivity index (χ2v) is 13.8. The number of aliphatic imine (C=N–C) groups is 1. The molecule has 292 valence electrons. The molecule has 1 aliphatic heterocycles. The van der Waals surface area contributed by atoms with Gasteiger partial charge in [0.2, 0.25) is 5.91 Å². The molecule has 5 amide bonds. The summed E-state index contributed by atoms with van der Waals surface area (Å²) in [6.07, 6.45) is 7.60. The molecule has 0 spiro atoms. The molecule has 10 N–H and O–H groups in total. The predicted molar refractivity (Wildman–Crippen MR) is 211 cm³/mol. The van der Waals surface area contributed by atoms with Crippen molar-refractivity contribution >= 4 is 46.9 Å². The van der Waals surface area contributed by atoms with Gasteiger partial charge in [0.1, 0.15) is 5.75 Å². The third kappa shape index (κ3) is 12.6. The quantitative estimate of drug-likeness (QED) is 0.0509. The highest BCUT2D eigenvalue weighted by Gasteiger charge is 2.33. The maximum absolute atomic E-state index is 13.5. The lowest BCUT2D eigenvalue weighted by molar-refractivity contribution is -0.122. The Labute approximate surface area is 320 Å². The van der Waals surface area contributed by atoms with Crippen molar-refractivity contribution in [2.75, 3.05) is 36.9 Å². The fourth-order valence-corrected chi connectivity index (χ4v) is 6.07. The first-order valence-corrected chi connectivity index (χ1v) is 18.8. The molecule has 1 atom stereocenters. The Kier molecular flexibility index (Phi) is 14.6. The van der Waals surface area contributed by atoms with Gasteiger partial charge in [-0.25, -0.2) is 0 Å². The molecule has 2 aliphatic rings. The second kappa shape index (κ2) is 19.9. The van der Waals surface area contributed by atoms with Gasteiger partial charge in [0.05, 0.1) is 11.7 Å². The first-order valence-electron chi connectivity index (χ1n) is 18.8. The standard InChI is InChI=1S/C40H51N9O6/c41-32(7-6-22-46-40(42)43)38(53)45-21-5-3-1-2-4-20-44-36(51)27-12-15-30(16-13-27)47-37(52)28-10-8-26(9-11-28)24-49(31-17-18-31)39(54)29-14-19-33-34(23-29)55-25-35(50)48-33/h8-16,19,23,31-32H,1-7,17-18,20-22,24-25,41H2,(H,44,51)(H,45,53)(H,47,52)(H,48,50)(H4,42,43,46)/t32-/m0/s1. The van der Waals surface area contributed by atoms with Crippen molar-refractivity contribution in [1.29, 1.82) is 0 Å².